The molecule has 0 fully saturated rings. The van der Waals surface area contributed by atoms with Gasteiger partial charge >= 0.3 is 0 Å². The molecule has 5 nitrogen and oxygen atoms in total. The number of hydrogen-bond acceptors (Lipinski definition) is 5. The van der Waals surface area contributed by atoms with Crippen LogP contribution in [0.1, 0.15) is 33.5 Å². The van der Waals surface area contributed by atoms with Crippen molar-refractivity contribution in [1.29, 1.82) is 0 Å². The summed E-state index contributed by atoms with van der Waals surface area (Å²) >= 11 is 3.22. The first-order valence-electron chi connectivity index (χ1n) is 7.34. The molecule has 3 aromatic rings. The van der Waals surface area contributed by atoms with Crippen LogP contribution in [0.2, 0.25) is 0 Å². The summed E-state index contributed by atoms with van der Waals surface area (Å²) in [6, 6.07) is 7.58. The van der Waals surface area contributed by atoms with E-state index in [4.69, 9.17) is 0 Å². The van der Waals surface area contributed by atoms with E-state index in [1.165, 1.54) is 11.3 Å². The van der Waals surface area contributed by atoms with E-state index in [1.807, 2.05) is 47.2 Å². The van der Waals surface area contributed by atoms with E-state index in [1.54, 1.807) is 11.8 Å². The highest BCUT2D eigenvalue weighted by molar-refractivity contribution is 7.98. The van der Waals surface area contributed by atoms with Gasteiger partial charge < -0.3 is 5.32 Å². The predicted octanol–water partition coefficient (Wildman–Crippen LogP) is 3.32. The molecule has 0 radical (unpaired) electrons. The van der Waals surface area contributed by atoms with Gasteiger partial charge in [-0.05, 0) is 54.5 Å². The van der Waals surface area contributed by atoms with Crippen molar-refractivity contribution in [1.82, 2.24) is 19.9 Å². The standard InChI is InChI=1S/C16H18N4OS2/c1-11-6-10-23-14(11)16(21)17-12(7-9-22-2)15-19-18-13-5-3-4-8-20(13)15/h3-6,8,10,12H,7,9H2,1-2H3,(H,17,21)/t12-/m1/s1. The molecule has 0 aliphatic heterocycles. The Morgan fingerprint density at radius 2 is 2.26 bits per heavy atom. The van der Waals surface area contributed by atoms with Gasteiger partial charge in [-0.25, -0.2) is 0 Å². The Kier molecular flexibility index (Phi) is 4.97. The number of thioether (sulfide) groups is 1. The van der Waals surface area contributed by atoms with Crippen molar-refractivity contribution in [2.24, 2.45) is 0 Å². The van der Waals surface area contributed by atoms with Gasteiger partial charge in [0.05, 0.1) is 10.9 Å². The Bertz CT molecular complexity index is 811. The molecule has 120 valence electrons. The Hall–Kier alpha value is -1.86. The fourth-order valence-corrected chi connectivity index (χ4v) is 3.73. The minimum atomic E-state index is -0.158. The summed E-state index contributed by atoms with van der Waals surface area (Å²) in [5, 5.41) is 13.6. The summed E-state index contributed by atoms with van der Waals surface area (Å²) in [6.45, 7) is 1.95. The lowest BCUT2D eigenvalue weighted by Crippen LogP contribution is -2.30. The molecule has 1 amide bonds. The molecule has 23 heavy (non-hydrogen) atoms. The van der Waals surface area contributed by atoms with Crippen molar-refractivity contribution >= 4 is 34.7 Å². The number of nitrogens with zero attached hydrogens (tertiary/aromatic N) is 3. The third-order valence-corrected chi connectivity index (χ3v) is 5.30. The van der Waals surface area contributed by atoms with Crippen molar-refractivity contribution in [3.05, 3.63) is 52.1 Å². The molecular weight excluding hydrogens is 328 g/mol. The summed E-state index contributed by atoms with van der Waals surface area (Å²) in [7, 11) is 0. The molecule has 0 unspecified atom stereocenters. The maximum atomic E-state index is 12.6. The Balaban J connectivity index is 1.89. The molecule has 3 aromatic heterocycles. The molecule has 0 saturated heterocycles. The van der Waals surface area contributed by atoms with Crippen LogP contribution in [0.3, 0.4) is 0 Å². The van der Waals surface area contributed by atoms with Crippen LogP contribution < -0.4 is 5.32 Å². The fraction of sp³-hybridized carbons (Fsp3) is 0.312. The Morgan fingerprint density at radius 1 is 1.39 bits per heavy atom. The van der Waals surface area contributed by atoms with Gasteiger partial charge in [0.25, 0.3) is 5.91 Å². The van der Waals surface area contributed by atoms with Gasteiger partial charge in [0.1, 0.15) is 0 Å². The van der Waals surface area contributed by atoms with E-state index < -0.39 is 0 Å². The van der Waals surface area contributed by atoms with Gasteiger partial charge in [0.2, 0.25) is 0 Å². The van der Waals surface area contributed by atoms with Crippen LogP contribution in [0, 0.1) is 6.92 Å². The number of fused-ring (bicyclic) bond motifs is 1. The van der Waals surface area contributed by atoms with Crippen molar-refractivity contribution in [3.63, 3.8) is 0 Å². The lowest BCUT2D eigenvalue weighted by molar-refractivity contribution is 0.0937. The van der Waals surface area contributed by atoms with Gasteiger partial charge in [-0.15, -0.1) is 21.5 Å². The summed E-state index contributed by atoms with van der Waals surface area (Å²) in [6.07, 6.45) is 4.80. The molecule has 0 spiro atoms. The second-order valence-electron chi connectivity index (χ2n) is 5.23. The van der Waals surface area contributed by atoms with E-state index in [-0.39, 0.29) is 11.9 Å². The van der Waals surface area contributed by atoms with Crippen molar-refractivity contribution < 1.29 is 4.79 Å². The van der Waals surface area contributed by atoms with Crippen LogP contribution >= 0.6 is 23.1 Å². The first-order chi connectivity index (χ1) is 11.2. The van der Waals surface area contributed by atoms with Crippen LogP contribution in [0.25, 0.3) is 5.65 Å². The number of rotatable bonds is 6. The average Bonchev–Trinajstić information content (AvgIpc) is 3.17. The van der Waals surface area contributed by atoms with E-state index in [2.05, 4.69) is 21.8 Å². The number of aromatic nitrogens is 3. The topological polar surface area (TPSA) is 59.3 Å². The van der Waals surface area contributed by atoms with Crippen LogP contribution in [0.4, 0.5) is 0 Å². The van der Waals surface area contributed by atoms with E-state index in [0.29, 0.717) is 0 Å². The lowest BCUT2D eigenvalue weighted by atomic mass is 10.2. The van der Waals surface area contributed by atoms with Crippen LogP contribution in [0.15, 0.2) is 35.8 Å². The largest absolute Gasteiger partial charge is 0.341 e. The summed E-state index contributed by atoms with van der Waals surface area (Å²) in [4.78, 5) is 13.3. The first-order valence-corrected chi connectivity index (χ1v) is 9.61. The minimum absolute atomic E-state index is 0.0451. The minimum Gasteiger partial charge on any atom is -0.341 e. The molecule has 0 aliphatic rings. The second kappa shape index (κ2) is 7.14. The van der Waals surface area contributed by atoms with Crippen molar-refractivity contribution in [2.75, 3.05) is 12.0 Å². The summed E-state index contributed by atoms with van der Waals surface area (Å²) < 4.78 is 1.94. The van der Waals surface area contributed by atoms with Crippen LogP contribution in [-0.4, -0.2) is 32.5 Å². The number of thiophene rings is 1. The zero-order valence-corrected chi connectivity index (χ0v) is 14.7. The molecule has 0 saturated carbocycles. The van der Waals surface area contributed by atoms with Gasteiger partial charge in [0, 0.05) is 6.20 Å². The highest BCUT2D eigenvalue weighted by Gasteiger charge is 2.22. The van der Waals surface area contributed by atoms with Gasteiger partial charge in [-0.3, -0.25) is 9.20 Å². The predicted molar refractivity (Wildman–Crippen MR) is 95.2 cm³/mol. The zero-order valence-electron chi connectivity index (χ0n) is 13.0. The number of carbonyl (C=O) groups excluding carboxylic acids is 1. The third kappa shape index (κ3) is 3.40. The summed E-state index contributed by atoms with van der Waals surface area (Å²) in [5.41, 5.74) is 1.79. The van der Waals surface area contributed by atoms with Crippen molar-refractivity contribution in [2.45, 2.75) is 19.4 Å². The summed E-state index contributed by atoms with van der Waals surface area (Å²) in [5.74, 6) is 1.67. The van der Waals surface area contributed by atoms with Crippen LogP contribution in [0.5, 0.6) is 0 Å². The molecule has 3 rings (SSSR count). The number of hydrogen-bond donors (Lipinski definition) is 1. The Morgan fingerprint density at radius 3 is 3.00 bits per heavy atom. The smallest absolute Gasteiger partial charge is 0.262 e. The molecule has 1 N–H and O–H groups in total. The number of nitrogens with one attached hydrogen (secondary N) is 1. The number of carbonyl (C=O) groups is 1. The van der Waals surface area contributed by atoms with E-state index >= 15 is 0 Å². The Labute approximate surface area is 143 Å². The normalized spacial score (nSPS) is 12.4. The lowest BCUT2D eigenvalue weighted by Gasteiger charge is -2.17. The molecule has 0 aliphatic carbocycles. The second-order valence-corrected chi connectivity index (χ2v) is 7.13. The number of amides is 1. The van der Waals surface area contributed by atoms with Crippen LogP contribution in [-0.2, 0) is 0 Å². The van der Waals surface area contributed by atoms with Gasteiger partial charge in [0.15, 0.2) is 11.5 Å². The zero-order chi connectivity index (χ0) is 16.2. The number of aryl methyl sites for hydroxylation is 1. The molecule has 3 heterocycles. The van der Waals surface area contributed by atoms with E-state index in [9.17, 15) is 4.79 Å². The van der Waals surface area contributed by atoms with Gasteiger partial charge in [-0.1, -0.05) is 6.07 Å². The SMILES string of the molecule is CSCC[C@@H](NC(=O)c1sccc1C)c1nnc2ccccn12. The highest BCUT2D eigenvalue weighted by atomic mass is 32.2. The highest BCUT2D eigenvalue weighted by Crippen LogP contribution is 2.21. The molecular formula is C16H18N4OS2. The van der Waals surface area contributed by atoms with Gasteiger partial charge in [-0.2, -0.15) is 11.8 Å². The van der Waals surface area contributed by atoms with E-state index in [0.717, 1.165) is 34.1 Å². The molecule has 0 aromatic carbocycles. The molecule has 7 heteroatoms. The molecule has 1 atom stereocenters. The van der Waals surface area contributed by atoms with Crippen molar-refractivity contribution in [3.8, 4) is 0 Å². The average molecular weight is 346 g/mol. The maximum absolute atomic E-state index is 12.6. The number of pyridine rings is 1. The molecule has 0 bridgehead atoms. The third-order valence-electron chi connectivity index (χ3n) is 3.64. The fourth-order valence-electron chi connectivity index (χ4n) is 2.43. The first kappa shape index (κ1) is 16.0. The maximum Gasteiger partial charge on any atom is 0.262 e. The monoisotopic (exact) mass is 346 g/mol. The quantitative estimate of drug-likeness (QED) is 0.744.